The predicted molar refractivity (Wildman–Crippen MR) is 120 cm³/mol. The Morgan fingerprint density at radius 2 is 1.87 bits per heavy atom. The first-order valence-corrected chi connectivity index (χ1v) is 10.4. The number of amides is 1. The van der Waals surface area contributed by atoms with Gasteiger partial charge < -0.3 is 14.6 Å². The highest BCUT2D eigenvalue weighted by Gasteiger charge is 2.21. The first kappa shape index (κ1) is 20.7. The lowest BCUT2D eigenvalue weighted by Gasteiger charge is -2.11. The molecular formula is C23H21N3O4S. The maximum absolute atomic E-state index is 13.3. The Balaban J connectivity index is 1.76. The predicted octanol–water partition coefficient (Wildman–Crippen LogP) is 5.22. The van der Waals surface area contributed by atoms with Crippen LogP contribution in [-0.2, 0) is 4.74 Å². The summed E-state index contributed by atoms with van der Waals surface area (Å²) >= 11 is 1.67. The molecule has 8 heteroatoms. The normalized spacial score (nSPS) is 11.0. The van der Waals surface area contributed by atoms with Crippen molar-refractivity contribution in [2.24, 2.45) is 0 Å². The van der Waals surface area contributed by atoms with Crippen LogP contribution >= 0.6 is 11.3 Å². The molecule has 0 aliphatic carbocycles. The molecule has 0 saturated carbocycles. The molecule has 3 aromatic heterocycles. The number of carbonyl (C=O) groups excluding carboxylic acids is 2. The van der Waals surface area contributed by atoms with E-state index in [-0.39, 0.29) is 5.91 Å². The van der Waals surface area contributed by atoms with Crippen molar-refractivity contribution in [2.45, 2.75) is 27.7 Å². The van der Waals surface area contributed by atoms with Crippen LogP contribution in [0.2, 0.25) is 0 Å². The third kappa shape index (κ3) is 3.82. The van der Waals surface area contributed by atoms with Crippen molar-refractivity contribution in [3.8, 4) is 11.3 Å². The number of thiophene rings is 1. The number of hydrogen-bond donors (Lipinski definition) is 1. The molecule has 1 N–H and O–H groups in total. The monoisotopic (exact) mass is 435 g/mol. The number of pyridine rings is 1. The summed E-state index contributed by atoms with van der Waals surface area (Å²) < 4.78 is 10.1. The topological polar surface area (TPSA) is 94.3 Å². The molecule has 7 nitrogen and oxygen atoms in total. The highest BCUT2D eigenvalue weighted by Crippen LogP contribution is 2.33. The van der Waals surface area contributed by atoms with Crippen LogP contribution in [0.1, 0.15) is 41.7 Å². The largest absolute Gasteiger partial charge is 0.465 e. The number of anilines is 1. The van der Waals surface area contributed by atoms with E-state index < -0.39 is 5.97 Å². The number of ether oxygens (including phenoxy) is 1. The van der Waals surface area contributed by atoms with Gasteiger partial charge in [0.2, 0.25) is 0 Å². The summed E-state index contributed by atoms with van der Waals surface area (Å²) in [6.07, 6.45) is 0. The summed E-state index contributed by atoms with van der Waals surface area (Å²) in [4.78, 5) is 31.9. The van der Waals surface area contributed by atoms with Gasteiger partial charge in [0.1, 0.15) is 0 Å². The van der Waals surface area contributed by atoms with Crippen LogP contribution in [0.5, 0.6) is 0 Å². The van der Waals surface area contributed by atoms with Gasteiger partial charge in [0.05, 0.1) is 35.0 Å². The number of aromatic nitrogens is 2. The summed E-state index contributed by atoms with van der Waals surface area (Å²) in [5.74, 6) is -0.735. The standard InChI is InChI=1S/C23H21N3O4S/c1-11-8-15(23(28)29-5)6-7-18(11)24-21(27)17-10-19(16-9-12(2)31-14(16)4)25-22-20(17)13(3)26-30-22/h6-10H,1-5H3,(H,24,27). The molecule has 1 amide bonds. The summed E-state index contributed by atoms with van der Waals surface area (Å²) in [6.45, 7) is 7.65. The number of aryl methyl sites for hydroxylation is 4. The Labute approximate surface area is 183 Å². The SMILES string of the molecule is COC(=O)c1ccc(NC(=O)c2cc(-c3cc(C)sc3C)nc3onc(C)c23)c(C)c1. The number of nitrogens with zero attached hydrogens (tertiary/aromatic N) is 2. The second-order valence-electron chi connectivity index (χ2n) is 7.31. The van der Waals surface area contributed by atoms with Gasteiger partial charge in [0.25, 0.3) is 11.6 Å². The van der Waals surface area contributed by atoms with Gasteiger partial charge in [-0.05, 0) is 63.6 Å². The van der Waals surface area contributed by atoms with Crippen molar-refractivity contribution in [2.75, 3.05) is 12.4 Å². The molecular weight excluding hydrogens is 414 g/mol. The van der Waals surface area contributed by atoms with Gasteiger partial charge in [-0.25, -0.2) is 9.78 Å². The van der Waals surface area contributed by atoms with Crippen LogP contribution in [0.25, 0.3) is 22.4 Å². The third-order valence-electron chi connectivity index (χ3n) is 5.07. The van der Waals surface area contributed by atoms with Crippen molar-refractivity contribution >= 4 is 40.0 Å². The number of benzene rings is 1. The smallest absolute Gasteiger partial charge is 0.337 e. The lowest BCUT2D eigenvalue weighted by atomic mass is 10.0. The zero-order valence-corrected chi connectivity index (χ0v) is 18.6. The number of hydrogen-bond acceptors (Lipinski definition) is 7. The van der Waals surface area contributed by atoms with Crippen LogP contribution in [0.3, 0.4) is 0 Å². The summed E-state index contributed by atoms with van der Waals surface area (Å²) in [6, 6.07) is 8.80. The average molecular weight is 436 g/mol. The van der Waals surface area contributed by atoms with E-state index >= 15 is 0 Å². The summed E-state index contributed by atoms with van der Waals surface area (Å²) in [7, 11) is 1.33. The molecule has 4 rings (SSSR count). The highest BCUT2D eigenvalue weighted by atomic mass is 32.1. The second-order valence-corrected chi connectivity index (χ2v) is 8.77. The van der Waals surface area contributed by atoms with Crippen molar-refractivity contribution in [1.82, 2.24) is 10.1 Å². The van der Waals surface area contributed by atoms with Gasteiger partial charge in [-0.15, -0.1) is 11.3 Å². The van der Waals surface area contributed by atoms with Crippen LogP contribution in [0.15, 0.2) is 34.9 Å². The summed E-state index contributed by atoms with van der Waals surface area (Å²) in [5.41, 5.74) is 4.73. The van der Waals surface area contributed by atoms with E-state index in [9.17, 15) is 9.59 Å². The van der Waals surface area contributed by atoms with Crippen molar-refractivity contribution < 1.29 is 18.8 Å². The number of nitrogens with one attached hydrogen (secondary N) is 1. The molecule has 0 aliphatic rings. The van der Waals surface area contributed by atoms with Gasteiger partial charge in [-0.3, -0.25) is 4.79 Å². The molecule has 0 bridgehead atoms. The lowest BCUT2D eigenvalue weighted by Crippen LogP contribution is -2.14. The van der Waals surface area contributed by atoms with Crippen LogP contribution in [0.4, 0.5) is 5.69 Å². The van der Waals surface area contributed by atoms with Crippen molar-refractivity contribution in [3.63, 3.8) is 0 Å². The average Bonchev–Trinajstić information content (AvgIpc) is 3.29. The van der Waals surface area contributed by atoms with Gasteiger partial charge in [-0.2, -0.15) is 0 Å². The molecule has 158 valence electrons. The fourth-order valence-electron chi connectivity index (χ4n) is 3.54. The minimum atomic E-state index is -0.428. The molecule has 0 unspecified atom stereocenters. The zero-order chi connectivity index (χ0) is 22.3. The van der Waals surface area contributed by atoms with Crippen LogP contribution < -0.4 is 5.32 Å². The Kier molecular flexibility index (Phi) is 5.32. The van der Waals surface area contributed by atoms with Gasteiger partial charge >= 0.3 is 5.97 Å². The Hall–Kier alpha value is -3.52. The van der Waals surface area contributed by atoms with Crippen molar-refractivity contribution in [3.05, 3.63) is 62.5 Å². The van der Waals surface area contributed by atoms with Crippen LogP contribution in [-0.4, -0.2) is 29.1 Å². The highest BCUT2D eigenvalue weighted by molar-refractivity contribution is 7.12. The van der Waals surface area contributed by atoms with Gasteiger partial charge in [0.15, 0.2) is 0 Å². The van der Waals surface area contributed by atoms with E-state index in [2.05, 4.69) is 21.5 Å². The molecule has 4 aromatic rings. The third-order valence-corrected chi connectivity index (χ3v) is 6.04. The number of carbonyl (C=O) groups is 2. The molecule has 0 radical (unpaired) electrons. The van der Waals surface area contributed by atoms with Gasteiger partial charge in [0, 0.05) is 21.0 Å². The fraction of sp³-hybridized carbons (Fsp3) is 0.217. The molecule has 0 aliphatic heterocycles. The Bertz CT molecular complexity index is 1340. The molecule has 1 aromatic carbocycles. The first-order valence-electron chi connectivity index (χ1n) is 9.63. The molecule has 0 fully saturated rings. The Morgan fingerprint density at radius 1 is 1.10 bits per heavy atom. The van der Waals surface area contributed by atoms with E-state index in [0.29, 0.717) is 39.3 Å². The molecule has 0 atom stereocenters. The number of esters is 1. The van der Waals surface area contributed by atoms with E-state index in [1.807, 2.05) is 20.8 Å². The van der Waals surface area contributed by atoms with Gasteiger partial charge in [-0.1, -0.05) is 5.16 Å². The lowest BCUT2D eigenvalue weighted by molar-refractivity contribution is 0.0600. The first-order chi connectivity index (χ1) is 14.8. The molecule has 3 heterocycles. The summed E-state index contributed by atoms with van der Waals surface area (Å²) in [5, 5.41) is 7.51. The minimum absolute atomic E-state index is 0.307. The maximum atomic E-state index is 13.3. The fourth-order valence-corrected chi connectivity index (χ4v) is 4.47. The number of methoxy groups -OCH3 is 1. The zero-order valence-electron chi connectivity index (χ0n) is 17.8. The second kappa shape index (κ2) is 7.96. The van der Waals surface area contributed by atoms with E-state index in [4.69, 9.17) is 9.26 Å². The van der Waals surface area contributed by atoms with Crippen molar-refractivity contribution in [1.29, 1.82) is 0 Å². The number of rotatable bonds is 4. The van der Waals surface area contributed by atoms with E-state index in [1.165, 1.54) is 7.11 Å². The number of fused-ring (bicyclic) bond motifs is 1. The quantitative estimate of drug-likeness (QED) is 0.442. The molecule has 0 spiro atoms. The Morgan fingerprint density at radius 3 is 2.52 bits per heavy atom. The maximum Gasteiger partial charge on any atom is 0.337 e. The van der Waals surface area contributed by atoms with Crippen LogP contribution in [0, 0.1) is 27.7 Å². The molecule has 0 saturated heterocycles. The van der Waals surface area contributed by atoms with E-state index in [1.54, 1.807) is 42.5 Å². The van der Waals surface area contributed by atoms with E-state index in [0.717, 1.165) is 20.9 Å². The molecule has 31 heavy (non-hydrogen) atoms. The minimum Gasteiger partial charge on any atom is -0.465 e.